The van der Waals surface area contributed by atoms with Crippen LogP contribution in [0.3, 0.4) is 0 Å². The van der Waals surface area contributed by atoms with Crippen LogP contribution in [0.5, 0.6) is 0 Å². The van der Waals surface area contributed by atoms with Gasteiger partial charge in [-0.2, -0.15) is 0 Å². The zero-order valence-electron chi connectivity index (χ0n) is 11.3. The largest absolute Gasteiger partial charge is 0.481 e. The normalized spacial score (nSPS) is 10.2. The molecule has 0 unspecified atom stereocenters. The van der Waals surface area contributed by atoms with Crippen LogP contribution in [-0.2, 0) is 16.1 Å². The predicted octanol–water partition coefficient (Wildman–Crippen LogP) is 2.68. The van der Waals surface area contributed by atoms with Crippen LogP contribution in [0, 0.1) is 0 Å². The van der Waals surface area contributed by atoms with Gasteiger partial charge in [-0.05, 0) is 25.3 Å². The fourth-order valence-corrected chi connectivity index (χ4v) is 1.89. The summed E-state index contributed by atoms with van der Waals surface area (Å²) >= 11 is 0. The lowest BCUT2D eigenvalue weighted by Crippen LogP contribution is -2.30. The number of carbonyl (C=O) groups excluding carboxylic acids is 1. The number of hydrogen-bond acceptors (Lipinski definition) is 2. The van der Waals surface area contributed by atoms with Crippen molar-refractivity contribution in [3.05, 3.63) is 35.9 Å². The Bertz CT molecular complexity index is 403. The molecule has 19 heavy (non-hydrogen) atoms. The number of hydrogen-bond donors (Lipinski definition) is 1. The van der Waals surface area contributed by atoms with Crippen molar-refractivity contribution in [1.29, 1.82) is 0 Å². The summed E-state index contributed by atoms with van der Waals surface area (Å²) in [7, 11) is 0. The van der Waals surface area contributed by atoms with Gasteiger partial charge >= 0.3 is 5.97 Å². The van der Waals surface area contributed by atoms with Crippen LogP contribution in [0.1, 0.15) is 38.2 Å². The molecule has 1 rings (SSSR count). The molecular weight excluding hydrogens is 242 g/mol. The Kier molecular flexibility index (Phi) is 6.64. The molecule has 1 aromatic carbocycles. The van der Waals surface area contributed by atoms with Gasteiger partial charge in [-0.3, -0.25) is 9.59 Å². The van der Waals surface area contributed by atoms with E-state index in [2.05, 4.69) is 0 Å². The first-order chi connectivity index (χ1) is 9.13. The lowest BCUT2D eigenvalue weighted by atomic mass is 10.1. The molecule has 0 radical (unpaired) electrons. The van der Waals surface area contributed by atoms with Crippen LogP contribution in [-0.4, -0.2) is 28.4 Å². The van der Waals surface area contributed by atoms with E-state index >= 15 is 0 Å². The molecule has 0 aliphatic heterocycles. The van der Waals surface area contributed by atoms with E-state index in [0.717, 1.165) is 5.56 Å². The van der Waals surface area contributed by atoms with Crippen molar-refractivity contribution in [3.63, 3.8) is 0 Å². The quantitative estimate of drug-likeness (QED) is 0.734. The van der Waals surface area contributed by atoms with Crippen LogP contribution >= 0.6 is 0 Å². The van der Waals surface area contributed by atoms with E-state index in [4.69, 9.17) is 5.11 Å². The second kappa shape index (κ2) is 8.29. The van der Waals surface area contributed by atoms with Gasteiger partial charge in [0.1, 0.15) is 0 Å². The topological polar surface area (TPSA) is 57.6 Å². The number of nitrogens with zero attached hydrogens (tertiary/aromatic N) is 1. The lowest BCUT2D eigenvalue weighted by Gasteiger charge is -2.21. The second-order valence-electron chi connectivity index (χ2n) is 4.49. The van der Waals surface area contributed by atoms with E-state index in [1.165, 1.54) is 0 Å². The first-order valence-electron chi connectivity index (χ1n) is 6.67. The number of carbonyl (C=O) groups is 2. The summed E-state index contributed by atoms with van der Waals surface area (Å²) in [5.41, 5.74) is 1.11. The third kappa shape index (κ3) is 6.04. The van der Waals surface area contributed by atoms with Crippen LogP contribution in [0.15, 0.2) is 30.3 Å². The van der Waals surface area contributed by atoms with Crippen molar-refractivity contribution >= 4 is 11.9 Å². The molecule has 0 aromatic heterocycles. The van der Waals surface area contributed by atoms with Gasteiger partial charge in [-0.15, -0.1) is 0 Å². The first-order valence-corrected chi connectivity index (χ1v) is 6.67. The summed E-state index contributed by atoms with van der Waals surface area (Å²) in [5, 5.41) is 8.53. The molecule has 1 amide bonds. The summed E-state index contributed by atoms with van der Waals surface area (Å²) in [4.78, 5) is 24.2. The first kappa shape index (κ1) is 15.2. The molecule has 0 aliphatic carbocycles. The number of benzene rings is 1. The number of rotatable bonds is 8. The van der Waals surface area contributed by atoms with Crippen molar-refractivity contribution in [2.75, 3.05) is 6.54 Å². The van der Waals surface area contributed by atoms with E-state index in [0.29, 0.717) is 32.4 Å². The fraction of sp³-hybridized carbons (Fsp3) is 0.467. The summed E-state index contributed by atoms with van der Waals surface area (Å²) < 4.78 is 0. The molecule has 0 atom stereocenters. The smallest absolute Gasteiger partial charge is 0.303 e. The summed E-state index contributed by atoms with van der Waals surface area (Å²) in [5.74, 6) is -0.708. The highest BCUT2D eigenvalue weighted by atomic mass is 16.4. The molecule has 104 valence electrons. The number of aliphatic carboxylic acids is 1. The molecule has 0 aliphatic rings. The Balaban J connectivity index is 2.37. The zero-order chi connectivity index (χ0) is 14.1. The minimum Gasteiger partial charge on any atom is -0.481 e. The van der Waals surface area contributed by atoms with Gasteiger partial charge < -0.3 is 10.0 Å². The van der Waals surface area contributed by atoms with Crippen LogP contribution in [0.4, 0.5) is 0 Å². The number of amides is 1. The fourth-order valence-electron chi connectivity index (χ4n) is 1.89. The number of carboxylic acid groups (broad SMARTS) is 1. The average molecular weight is 263 g/mol. The van der Waals surface area contributed by atoms with Crippen molar-refractivity contribution in [2.45, 2.75) is 39.2 Å². The average Bonchev–Trinajstić information content (AvgIpc) is 2.41. The van der Waals surface area contributed by atoms with Crippen LogP contribution in [0.25, 0.3) is 0 Å². The highest BCUT2D eigenvalue weighted by molar-refractivity contribution is 5.76. The Labute approximate surface area is 114 Å². The predicted molar refractivity (Wildman–Crippen MR) is 73.6 cm³/mol. The standard InChI is InChI=1S/C15H21NO3/c1-2-16(12-13-8-4-3-5-9-13)14(17)10-6-7-11-15(18)19/h3-5,8-9H,2,6-7,10-12H2,1H3,(H,18,19). The molecule has 4 heteroatoms. The van der Waals surface area contributed by atoms with E-state index in [1.54, 1.807) is 4.90 Å². The summed E-state index contributed by atoms with van der Waals surface area (Å²) in [6, 6.07) is 9.87. The van der Waals surface area contributed by atoms with Crippen molar-refractivity contribution in [1.82, 2.24) is 4.90 Å². The van der Waals surface area contributed by atoms with Crippen LogP contribution < -0.4 is 0 Å². The van der Waals surface area contributed by atoms with Gasteiger partial charge in [0, 0.05) is 25.9 Å². The summed E-state index contributed by atoms with van der Waals surface area (Å²) in [6.45, 7) is 3.25. The molecule has 4 nitrogen and oxygen atoms in total. The number of carboxylic acids is 1. The van der Waals surface area contributed by atoms with E-state index < -0.39 is 5.97 Å². The third-order valence-corrected chi connectivity index (χ3v) is 2.98. The van der Waals surface area contributed by atoms with Crippen molar-refractivity contribution in [2.24, 2.45) is 0 Å². The Morgan fingerprint density at radius 2 is 1.74 bits per heavy atom. The SMILES string of the molecule is CCN(Cc1ccccc1)C(=O)CCCCC(=O)O. The molecule has 0 bridgehead atoms. The molecule has 0 saturated heterocycles. The molecule has 0 fully saturated rings. The van der Waals surface area contributed by atoms with Gasteiger partial charge in [-0.25, -0.2) is 0 Å². The van der Waals surface area contributed by atoms with E-state index in [-0.39, 0.29) is 12.3 Å². The lowest BCUT2D eigenvalue weighted by molar-refractivity contribution is -0.137. The Hall–Kier alpha value is -1.84. The van der Waals surface area contributed by atoms with Gasteiger partial charge in [0.25, 0.3) is 0 Å². The highest BCUT2D eigenvalue weighted by Crippen LogP contribution is 2.08. The maximum Gasteiger partial charge on any atom is 0.303 e. The molecule has 0 saturated carbocycles. The minimum atomic E-state index is -0.802. The molecule has 0 spiro atoms. The minimum absolute atomic E-state index is 0.0942. The monoisotopic (exact) mass is 263 g/mol. The van der Waals surface area contributed by atoms with Gasteiger partial charge in [0.2, 0.25) is 5.91 Å². The molecular formula is C15H21NO3. The van der Waals surface area contributed by atoms with E-state index in [9.17, 15) is 9.59 Å². The van der Waals surface area contributed by atoms with Crippen LogP contribution in [0.2, 0.25) is 0 Å². The molecule has 0 heterocycles. The maximum absolute atomic E-state index is 12.0. The second-order valence-corrected chi connectivity index (χ2v) is 4.49. The summed E-state index contributed by atoms with van der Waals surface area (Å²) in [6.07, 6.45) is 1.76. The number of unbranched alkanes of at least 4 members (excludes halogenated alkanes) is 1. The zero-order valence-corrected chi connectivity index (χ0v) is 11.3. The van der Waals surface area contributed by atoms with Crippen molar-refractivity contribution in [3.8, 4) is 0 Å². The van der Waals surface area contributed by atoms with Gasteiger partial charge in [0.05, 0.1) is 0 Å². The van der Waals surface area contributed by atoms with Gasteiger partial charge in [0.15, 0.2) is 0 Å². The maximum atomic E-state index is 12.0. The van der Waals surface area contributed by atoms with Crippen molar-refractivity contribution < 1.29 is 14.7 Å². The van der Waals surface area contributed by atoms with Gasteiger partial charge in [-0.1, -0.05) is 30.3 Å². The molecule has 1 aromatic rings. The third-order valence-electron chi connectivity index (χ3n) is 2.98. The Morgan fingerprint density at radius 1 is 1.11 bits per heavy atom. The highest BCUT2D eigenvalue weighted by Gasteiger charge is 2.11. The molecule has 1 N–H and O–H groups in total. The Morgan fingerprint density at radius 3 is 2.32 bits per heavy atom. The van der Waals surface area contributed by atoms with E-state index in [1.807, 2.05) is 37.3 Å².